The molecule has 1 amide bonds. The van der Waals surface area contributed by atoms with Crippen molar-refractivity contribution in [2.24, 2.45) is 0 Å². The minimum Gasteiger partial charge on any atom is -0.441 e. The molecule has 1 saturated heterocycles. The molecule has 39 heavy (non-hydrogen) atoms. The van der Waals surface area contributed by atoms with Crippen molar-refractivity contribution in [1.82, 2.24) is 30.1 Å². The van der Waals surface area contributed by atoms with Crippen molar-refractivity contribution in [3.05, 3.63) is 35.4 Å². The molecule has 0 unspecified atom stereocenters. The molecule has 0 aromatic carbocycles. The molecule has 212 valence electrons. The van der Waals surface area contributed by atoms with Crippen LogP contribution in [0.4, 0.5) is 47.2 Å². The summed E-state index contributed by atoms with van der Waals surface area (Å²) in [6.07, 6.45) is -12.8. The second-order valence-corrected chi connectivity index (χ2v) is 9.33. The fourth-order valence-electron chi connectivity index (χ4n) is 3.83. The van der Waals surface area contributed by atoms with Gasteiger partial charge in [0.2, 0.25) is 0 Å². The second-order valence-electron chi connectivity index (χ2n) is 9.33. The number of fused-ring (bicyclic) bond motifs is 1. The van der Waals surface area contributed by atoms with Gasteiger partial charge in [0.25, 0.3) is 0 Å². The van der Waals surface area contributed by atoms with Crippen LogP contribution in [0.3, 0.4) is 0 Å². The van der Waals surface area contributed by atoms with Gasteiger partial charge in [0.15, 0.2) is 29.6 Å². The molecule has 0 radical (unpaired) electrons. The molecule has 2 fully saturated rings. The molecule has 0 bridgehead atoms. The Hall–Kier alpha value is -3.67. The standard InChI is InChI=1S/C21H20F7N7O4/c1-19(2-3-19)31-18(36)39-12-8-37-16(15(12)22)10-5-14(33-32-10)30-17-11-4-9(7-38-21(26,27)28)34-35(11)6-13(29-17)20(23,24)25/h4-6,12,15-16H,2-3,7-8H2,1H3,(H,31,36)(H2,29,30,32,33)/t12-,15+,16-/m0/s1. The van der Waals surface area contributed by atoms with Crippen LogP contribution in [0.2, 0.25) is 0 Å². The first-order valence-electron chi connectivity index (χ1n) is 11.4. The number of alkyl carbamates (subject to hydrolysis) is 1. The lowest BCUT2D eigenvalue weighted by atomic mass is 10.1. The van der Waals surface area contributed by atoms with Crippen molar-refractivity contribution in [3.63, 3.8) is 0 Å². The number of halogens is 7. The van der Waals surface area contributed by atoms with Crippen LogP contribution in [0.25, 0.3) is 5.52 Å². The van der Waals surface area contributed by atoms with Gasteiger partial charge in [0.1, 0.15) is 18.2 Å². The van der Waals surface area contributed by atoms with Gasteiger partial charge < -0.3 is 20.1 Å². The molecule has 4 heterocycles. The number of carbonyl (C=O) groups is 1. The molecule has 3 atom stereocenters. The van der Waals surface area contributed by atoms with Gasteiger partial charge in [-0.15, -0.1) is 13.2 Å². The zero-order chi connectivity index (χ0) is 28.2. The molecule has 3 N–H and O–H groups in total. The summed E-state index contributed by atoms with van der Waals surface area (Å²) in [5.74, 6) is -0.545. The van der Waals surface area contributed by atoms with Crippen molar-refractivity contribution in [2.45, 2.75) is 62.8 Å². The molecule has 18 heteroatoms. The predicted octanol–water partition coefficient (Wildman–Crippen LogP) is 4.31. The first-order valence-corrected chi connectivity index (χ1v) is 11.4. The van der Waals surface area contributed by atoms with E-state index in [0.717, 1.165) is 18.9 Å². The summed E-state index contributed by atoms with van der Waals surface area (Å²) in [7, 11) is 0. The number of nitrogens with zero attached hydrogens (tertiary/aromatic N) is 4. The lowest BCUT2D eigenvalue weighted by Gasteiger charge is -2.17. The maximum absolute atomic E-state index is 15.0. The molecule has 1 aliphatic carbocycles. The number of aromatic amines is 1. The third-order valence-electron chi connectivity index (χ3n) is 6.08. The number of rotatable bonds is 7. The maximum Gasteiger partial charge on any atom is 0.522 e. The average Bonchev–Trinajstić information content (AvgIpc) is 3.18. The van der Waals surface area contributed by atoms with E-state index in [2.05, 4.69) is 35.7 Å². The number of nitrogens with one attached hydrogen (secondary N) is 3. The van der Waals surface area contributed by atoms with E-state index < -0.39 is 55.1 Å². The van der Waals surface area contributed by atoms with Gasteiger partial charge in [0.05, 0.1) is 24.2 Å². The summed E-state index contributed by atoms with van der Waals surface area (Å²) in [5.41, 5.74) is -2.10. The number of alkyl halides is 7. The summed E-state index contributed by atoms with van der Waals surface area (Å²) < 4.78 is 107. The van der Waals surface area contributed by atoms with E-state index in [9.17, 15) is 35.5 Å². The molecule has 1 saturated carbocycles. The minimum atomic E-state index is -4.97. The highest BCUT2D eigenvalue weighted by Gasteiger charge is 2.44. The van der Waals surface area contributed by atoms with Crippen molar-refractivity contribution < 1.29 is 49.7 Å². The molecular formula is C21H20F7N7O4. The van der Waals surface area contributed by atoms with Crippen LogP contribution >= 0.6 is 0 Å². The summed E-state index contributed by atoms with van der Waals surface area (Å²) >= 11 is 0. The summed E-state index contributed by atoms with van der Waals surface area (Å²) in [5, 5.41) is 15.2. The number of aromatic nitrogens is 5. The van der Waals surface area contributed by atoms with Crippen LogP contribution in [0.15, 0.2) is 18.3 Å². The summed E-state index contributed by atoms with van der Waals surface area (Å²) in [6.45, 7) is 0.532. The normalized spacial score (nSPS) is 22.7. The molecule has 3 aromatic heterocycles. The first-order chi connectivity index (χ1) is 18.2. The number of hydrogen-bond donors (Lipinski definition) is 3. The van der Waals surface area contributed by atoms with Gasteiger partial charge >= 0.3 is 18.6 Å². The monoisotopic (exact) mass is 567 g/mol. The Kier molecular flexibility index (Phi) is 6.56. The first kappa shape index (κ1) is 26.9. The van der Waals surface area contributed by atoms with Crippen LogP contribution < -0.4 is 10.6 Å². The third-order valence-corrected chi connectivity index (χ3v) is 6.08. The minimum absolute atomic E-state index is 0.0847. The Morgan fingerprint density at radius 3 is 2.67 bits per heavy atom. The van der Waals surface area contributed by atoms with Crippen LogP contribution in [0.1, 0.15) is 43.0 Å². The number of H-pyrrole nitrogens is 1. The highest BCUT2D eigenvalue weighted by atomic mass is 19.4. The van der Waals surface area contributed by atoms with E-state index in [4.69, 9.17) is 9.47 Å². The lowest BCUT2D eigenvalue weighted by molar-refractivity contribution is -0.330. The van der Waals surface area contributed by atoms with Crippen LogP contribution in [0, 0.1) is 0 Å². The molecular weight excluding hydrogens is 547 g/mol. The number of carbonyl (C=O) groups excluding carboxylic acids is 1. The molecule has 5 rings (SSSR count). The van der Waals surface area contributed by atoms with E-state index in [1.54, 1.807) is 0 Å². The van der Waals surface area contributed by atoms with Crippen molar-refractivity contribution >= 4 is 23.2 Å². The molecule has 3 aromatic rings. The topological polar surface area (TPSA) is 128 Å². The molecule has 0 spiro atoms. The Bertz CT molecular complexity index is 1370. The molecule has 1 aliphatic heterocycles. The number of hydrogen-bond acceptors (Lipinski definition) is 8. The summed E-state index contributed by atoms with van der Waals surface area (Å²) in [6, 6.07) is 2.30. The van der Waals surface area contributed by atoms with Crippen LogP contribution in [-0.2, 0) is 27.0 Å². The predicted molar refractivity (Wildman–Crippen MR) is 115 cm³/mol. The van der Waals surface area contributed by atoms with E-state index in [-0.39, 0.29) is 34.9 Å². The fourth-order valence-corrected chi connectivity index (χ4v) is 3.83. The largest absolute Gasteiger partial charge is 0.522 e. The van der Waals surface area contributed by atoms with E-state index in [1.807, 2.05) is 6.92 Å². The average molecular weight is 567 g/mol. The Morgan fingerprint density at radius 2 is 2.00 bits per heavy atom. The highest BCUT2D eigenvalue weighted by molar-refractivity contribution is 5.73. The zero-order valence-corrected chi connectivity index (χ0v) is 19.9. The quantitative estimate of drug-likeness (QED) is 0.361. The van der Waals surface area contributed by atoms with Gasteiger partial charge in [-0.3, -0.25) is 9.84 Å². The summed E-state index contributed by atoms with van der Waals surface area (Å²) in [4.78, 5) is 15.5. The van der Waals surface area contributed by atoms with E-state index in [1.165, 1.54) is 6.07 Å². The number of anilines is 2. The Morgan fingerprint density at radius 1 is 1.26 bits per heavy atom. The Balaban J connectivity index is 1.32. The molecule has 2 aliphatic rings. The second kappa shape index (κ2) is 9.51. The maximum atomic E-state index is 15.0. The SMILES string of the molecule is CC1(NC(=O)O[C@H]2CO[C@@H](c3cc(Nc4nc(C(F)(F)F)cn5nc(COC(F)(F)F)cc45)n[nH]3)[C@@H]2F)CC1. The highest BCUT2D eigenvalue weighted by Crippen LogP contribution is 2.37. The van der Waals surface area contributed by atoms with E-state index >= 15 is 0 Å². The van der Waals surface area contributed by atoms with Gasteiger partial charge in [-0.2, -0.15) is 23.4 Å². The fraction of sp³-hybridized carbons (Fsp3) is 0.524. The van der Waals surface area contributed by atoms with Gasteiger partial charge in [0, 0.05) is 11.6 Å². The smallest absolute Gasteiger partial charge is 0.441 e. The lowest BCUT2D eigenvalue weighted by Crippen LogP contribution is -2.39. The van der Waals surface area contributed by atoms with E-state index in [0.29, 0.717) is 10.7 Å². The van der Waals surface area contributed by atoms with Crippen molar-refractivity contribution in [2.75, 3.05) is 11.9 Å². The number of ether oxygens (including phenoxy) is 3. The Labute approximate surface area is 214 Å². The van der Waals surface area contributed by atoms with Gasteiger partial charge in [-0.1, -0.05) is 0 Å². The van der Waals surface area contributed by atoms with Gasteiger partial charge in [-0.25, -0.2) is 18.7 Å². The van der Waals surface area contributed by atoms with Crippen LogP contribution in [-0.4, -0.2) is 61.7 Å². The van der Waals surface area contributed by atoms with Crippen molar-refractivity contribution in [3.8, 4) is 0 Å². The van der Waals surface area contributed by atoms with Gasteiger partial charge in [-0.05, 0) is 25.8 Å². The van der Waals surface area contributed by atoms with Crippen molar-refractivity contribution in [1.29, 1.82) is 0 Å². The number of amides is 1. The van der Waals surface area contributed by atoms with Crippen LogP contribution in [0.5, 0.6) is 0 Å². The zero-order valence-electron chi connectivity index (χ0n) is 19.9. The third kappa shape index (κ3) is 6.16. The molecule has 11 nitrogen and oxygen atoms in total.